The van der Waals surface area contributed by atoms with Crippen molar-refractivity contribution in [3.63, 3.8) is 0 Å². The molecule has 0 fully saturated rings. The number of nitrogens with zero attached hydrogens (tertiary/aromatic N) is 1. The van der Waals surface area contributed by atoms with Gasteiger partial charge in [-0.15, -0.1) is 0 Å². The molecule has 1 aliphatic rings. The van der Waals surface area contributed by atoms with Crippen molar-refractivity contribution in [2.45, 2.75) is 11.8 Å². The molecule has 0 spiro atoms. The number of hydrogen-bond acceptors (Lipinski definition) is 3. The molecule has 19 heavy (non-hydrogen) atoms. The van der Waals surface area contributed by atoms with Crippen LogP contribution in [-0.2, 0) is 9.84 Å². The molecule has 1 heterocycles. The number of sulfone groups is 1. The Kier molecular flexibility index (Phi) is 3.15. The van der Waals surface area contributed by atoms with Gasteiger partial charge in [0.2, 0.25) is 0 Å². The zero-order chi connectivity index (χ0) is 14.2. The Labute approximate surface area is 110 Å². The van der Waals surface area contributed by atoms with E-state index in [1.54, 1.807) is 12.1 Å². The van der Waals surface area contributed by atoms with Crippen molar-refractivity contribution < 1.29 is 13.2 Å². The molecule has 2 rings (SSSR count). The van der Waals surface area contributed by atoms with Crippen LogP contribution in [0.25, 0.3) is 5.57 Å². The number of amides is 1. The number of carbonyl (C=O) groups is 1. The number of rotatable bonds is 1. The first kappa shape index (κ1) is 13.3. The molecule has 1 aliphatic heterocycles. The second-order valence-corrected chi connectivity index (χ2v) is 6.22. The minimum Gasteiger partial charge on any atom is -0.370 e. The fourth-order valence-electron chi connectivity index (χ4n) is 1.85. The average molecular weight is 279 g/mol. The van der Waals surface area contributed by atoms with Gasteiger partial charge in [0.05, 0.1) is 10.6 Å². The first-order chi connectivity index (χ1) is 8.81. The van der Waals surface area contributed by atoms with Gasteiger partial charge in [-0.3, -0.25) is 4.79 Å². The number of fused-ring (bicyclic) bond motifs is 1. The molecule has 4 N–H and O–H groups in total. The number of allylic oxidation sites excluding steroid dienone is 1. The van der Waals surface area contributed by atoms with Gasteiger partial charge in [-0.2, -0.15) is 4.99 Å². The largest absolute Gasteiger partial charge is 0.370 e. The molecular formula is C12H13N3O3S. The van der Waals surface area contributed by atoms with Crippen LogP contribution >= 0.6 is 0 Å². The lowest BCUT2D eigenvalue weighted by Crippen LogP contribution is -2.24. The van der Waals surface area contributed by atoms with Crippen molar-refractivity contribution in [2.24, 2.45) is 16.5 Å². The molecule has 0 saturated carbocycles. The highest BCUT2D eigenvalue weighted by molar-refractivity contribution is 7.91. The van der Waals surface area contributed by atoms with Crippen molar-refractivity contribution in [3.05, 3.63) is 35.4 Å². The van der Waals surface area contributed by atoms with Crippen molar-refractivity contribution in [1.82, 2.24) is 0 Å². The number of nitrogens with two attached hydrogens (primary N) is 2. The Morgan fingerprint density at radius 2 is 2.00 bits per heavy atom. The highest BCUT2D eigenvalue weighted by atomic mass is 32.2. The van der Waals surface area contributed by atoms with Crippen LogP contribution in [0.2, 0.25) is 0 Å². The van der Waals surface area contributed by atoms with E-state index < -0.39 is 15.7 Å². The van der Waals surface area contributed by atoms with E-state index in [0.29, 0.717) is 5.56 Å². The zero-order valence-electron chi connectivity index (χ0n) is 10.3. The topological polar surface area (TPSA) is 116 Å². The maximum atomic E-state index is 12.0. The highest BCUT2D eigenvalue weighted by Gasteiger charge is 2.24. The lowest BCUT2D eigenvalue weighted by molar-refractivity contribution is 0.100. The Morgan fingerprint density at radius 1 is 1.32 bits per heavy atom. The average Bonchev–Trinajstić information content (AvgIpc) is 2.33. The predicted molar refractivity (Wildman–Crippen MR) is 72.3 cm³/mol. The van der Waals surface area contributed by atoms with Crippen molar-refractivity contribution in [3.8, 4) is 0 Å². The first-order valence-electron chi connectivity index (χ1n) is 5.49. The third kappa shape index (κ3) is 2.50. The summed E-state index contributed by atoms with van der Waals surface area (Å²) >= 11 is 0. The van der Waals surface area contributed by atoms with E-state index in [0.717, 1.165) is 5.57 Å². The van der Waals surface area contributed by atoms with Gasteiger partial charge in [0.1, 0.15) is 0 Å². The predicted octanol–water partition coefficient (Wildman–Crippen LogP) is 0.291. The van der Waals surface area contributed by atoms with E-state index in [2.05, 4.69) is 4.99 Å². The lowest BCUT2D eigenvalue weighted by Gasteiger charge is -2.15. The van der Waals surface area contributed by atoms with Crippen molar-refractivity contribution in [2.75, 3.05) is 5.75 Å². The van der Waals surface area contributed by atoms with Gasteiger partial charge in [-0.1, -0.05) is 12.1 Å². The zero-order valence-corrected chi connectivity index (χ0v) is 11.1. The van der Waals surface area contributed by atoms with Crippen LogP contribution in [0, 0.1) is 0 Å². The number of carbonyl (C=O) groups excluding carboxylic acids is 1. The summed E-state index contributed by atoms with van der Waals surface area (Å²) in [5, 5.41) is 0. The highest BCUT2D eigenvalue weighted by Crippen LogP contribution is 2.30. The summed E-state index contributed by atoms with van der Waals surface area (Å²) < 4.78 is 23.9. The Hall–Kier alpha value is -2.15. The Morgan fingerprint density at radius 3 is 2.63 bits per heavy atom. The van der Waals surface area contributed by atoms with E-state index in [4.69, 9.17) is 11.5 Å². The second kappa shape index (κ2) is 4.51. The van der Waals surface area contributed by atoms with E-state index in [-0.39, 0.29) is 22.2 Å². The number of benzene rings is 1. The minimum atomic E-state index is -3.40. The number of aliphatic imine (C=N–C) groups is 1. The van der Waals surface area contributed by atoms with E-state index in [1.165, 1.54) is 12.1 Å². The van der Waals surface area contributed by atoms with Crippen LogP contribution in [0.15, 0.2) is 34.2 Å². The molecule has 0 atom stereocenters. The van der Waals surface area contributed by atoms with Gasteiger partial charge in [-0.25, -0.2) is 8.42 Å². The molecule has 0 radical (unpaired) electrons. The van der Waals surface area contributed by atoms with Crippen molar-refractivity contribution >= 4 is 27.3 Å². The summed E-state index contributed by atoms with van der Waals surface area (Å²) in [6.07, 6.45) is 1.65. The van der Waals surface area contributed by atoms with Crippen LogP contribution < -0.4 is 11.5 Å². The van der Waals surface area contributed by atoms with Crippen LogP contribution in [0.1, 0.15) is 22.8 Å². The smallest absolute Gasteiger partial charge is 0.280 e. The summed E-state index contributed by atoms with van der Waals surface area (Å²) in [6.45, 7) is 1.82. The Bertz CT molecular complexity index is 714. The summed E-state index contributed by atoms with van der Waals surface area (Å²) in [5.41, 5.74) is 11.9. The molecule has 1 aromatic carbocycles. The van der Waals surface area contributed by atoms with Crippen LogP contribution in [0.4, 0.5) is 0 Å². The number of guanidine groups is 1. The van der Waals surface area contributed by atoms with Crippen LogP contribution in [0.5, 0.6) is 0 Å². The molecule has 0 unspecified atom stereocenters. The van der Waals surface area contributed by atoms with Gasteiger partial charge in [0.15, 0.2) is 15.8 Å². The fraction of sp³-hybridized carbons (Fsp3) is 0.167. The van der Waals surface area contributed by atoms with E-state index in [9.17, 15) is 13.2 Å². The maximum Gasteiger partial charge on any atom is 0.280 e. The maximum absolute atomic E-state index is 12.0. The lowest BCUT2D eigenvalue weighted by atomic mass is 10.0. The third-order valence-electron chi connectivity index (χ3n) is 2.83. The molecule has 0 aromatic heterocycles. The van der Waals surface area contributed by atoms with Gasteiger partial charge < -0.3 is 11.5 Å². The van der Waals surface area contributed by atoms with Gasteiger partial charge in [0, 0.05) is 5.56 Å². The van der Waals surface area contributed by atoms with Crippen LogP contribution in [0.3, 0.4) is 0 Å². The molecule has 0 bridgehead atoms. The van der Waals surface area contributed by atoms with Gasteiger partial charge in [-0.05, 0) is 30.2 Å². The molecule has 0 aliphatic carbocycles. The molecule has 1 amide bonds. The van der Waals surface area contributed by atoms with E-state index >= 15 is 0 Å². The summed E-state index contributed by atoms with van der Waals surface area (Å²) in [6, 6.07) is 4.41. The number of hydrogen-bond donors (Lipinski definition) is 2. The van der Waals surface area contributed by atoms with E-state index in [1.807, 2.05) is 6.92 Å². The van der Waals surface area contributed by atoms with Gasteiger partial charge in [0.25, 0.3) is 5.91 Å². The molecule has 100 valence electrons. The summed E-state index contributed by atoms with van der Waals surface area (Å²) in [5.74, 6) is -1.09. The Balaban J connectivity index is 2.59. The first-order valence-corrected chi connectivity index (χ1v) is 7.14. The molecule has 0 saturated heterocycles. The molecule has 1 aromatic rings. The second-order valence-electron chi connectivity index (χ2n) is 4.22. The quantitative estimate of drug-likeness (QED) is 0.566. The summed E-state index contributed by atoms with van der Waals surface area (Å²) in [7, 11) is -3.40. The standard InChI is InChI=1S/C12H13N3O3S/c1-7-4-5-19(17,18)10-6-8(2-3-9(7)10)11(16)15-12(13)14/h2-4,6H,5H2,1H3,(H4,13,14,15,16). The minimum absolute atomic E-state index is 0.0637. The van der Waals surface area contributed by atoms with Crippen LogP contribution in [-0.4, -0.2) is 26.0 Å². The third-order valence-corrected chi connectivity index (χ3v) is 4.44. The SMILES string of the molecule is CC1=CCS(=O)(=O)c2cc(C(=O)N=C(N)N)ccc21. The normalized spacial score (nSPS) is 16.2. The monoisotopic (exact) mass is 279 g/mol. The van der Waals surface area contributed by atoms with Crippen molar-refractivity contribution in [1.29, 1.82) is 0 Å². The van der Waals surface area contributed by atoms with Gasteiger partial charge >= 0.3 is 0 Å². The molecular weight excluding hydrogens is 266 g/mol. The summed E-state index contributed by atoms with van der Waals surface area (Å²) in [4.78, 5) is 15.2. The molecule has 6 nitrogen and oxygen atoms in total. The molecule has 7 heteroatoms. The fourth-order valence-corrected chi connectivity index (χ4v) is 3.37.